The molecule has 1 aliphatic carbocycles. The molecule has 1 N–H and O–H groups in total. The van der Waals surface area contributed by atoms with Gasteiger partial charge in [-0.1, -0.05) is 12.5 Å². The summed E-state index contributed by atoms with van der Waals surface area (Å²) in [7, 11) is -3.22. The highest BCUT2D eigenvalue weighted by Crippen LogP contribution is 2.29. The van der Waals surface area contributed by atoms with Crippen LogP contribution in [0.1, 0.15) is 36.8 Å². The van der Waals surface area contributed by atoms with Gasteiger partial charge in [0.25, 0.3) is 0 Å². The first-order chi connectivity index (χ1) is 8.90. The lowest BCUT2D eigenvalue weighted by Crippen LogP contribution is -2.18. The Morgan fingerprint density at radius 1 is 1.21 bits per heavy atom. The van der Waals surface area contributed by atoms with Crippen molar-refractivity contribution >= 4 is 9.84 Å². The molecule has 0 amide bonds. The fourth-order valence-electron chi connectivity index (χ4n) is 2.69. The molecule has 0 aromatic heterocycles. The van der Waals surface area contributed by atoms with Gasteiger partial charge < -0.3 is 5.11 Å². The largest absolute Gasteiger partial charge is 0.393 e. The Labute approximate surface area is 115 Å². The molecule has 0 spiro atoms. The highest BCUT2D eigenvalue weighted by molar-refractivity contribution is 7.91. The van der Waals surface area contributed by atoms with Gasteiger partial charge in [0.15, 0.2) is 9.84 Å². The zero-order valence-electron chi connectivity index (χ0n) is 11.6. The van der Waals surface area contributed by atoms with E-state index in [1.165, 1.54) is 0 Å². The van der Waals surface area contributed by atoms with Crippen LogP contribution < -0.4 is 0 Å². The van der Waals surface area contributed by atoms with E-state index in [1.54, 1.807) is 12.1 Å². The van der Waals surface area contributed by atoms with E-state index >= 15 is 0 Å². The van der Waals surface area contributed by atoms with E-state index in [0.29, 0.717) is 11.3 Å². The maximum atomic E-state index is 12.3. The molecule has 1 fully saturated rings. The molecule has 0 radical (unpaired) electrons. The summed E-state index contributed by atoms with van der Waals surface area (Å²) in [5.41, 5.74) is 2.10. The number of sulfone groups is 1. The normalized spacial score (nSPS) is 23.7. The maximum absolute atomic E-state index is 12.3. The van der Waals surface area contributed by atoms with E-state index in [9.17, 15) is 13.5 Å². The average Bonchev–Trinajstić information content (AvgIpc) is 2.76. The summed E-state index contributed by atoms with van der Waals surface area (Å²) in [5, 5.41) is 9.74. The first-order valence-electron chi connectivity index (χ1n) is 6.88. The van der Waals surface area contributed by atoms with E-state index in [0.717, 1.165) is 30.4 Å². The molecule has 2 atom stereocenters. The topological polar surface area (TPSA) is 54.4 Å². The van der Waals surface area contributed by atoms with E-state index < -0.39 is 9.84 Å². The Hall–Kier alpha value is -0.870. The molecular weight excluding hydrogens is 260 g/mol. The minimum atomic E-state index is -3.22. The molecule has 0 aliphatic heterocycles. The van der Waals surface area contributed by atoms with Gasteiger partial charge in [0.1, 0.15) is 0 Å². The standard InChI is InChI=1S/C15H22O3S/c1-11-6-7-14(10-12(11)2)19(17,18)9-8-13-4-3-5-15(13)16/h6-7,10,13,15-16H,3-5,8-9H2,1-2H3. The van der Waals surface area contributed by atoms with Gasteiger partial charge in [-0.15, -0.1) is 0 Å². The Morgan fingerprint density at radius 2 is 1.95 bits per heavy atom. The van der Waals surface area contributed by atoms with Crippen LogP contribution in [0.15, 0.2) is 23.1 Å². The zero-order valence-corrected chi connectivity index (χ0v) is 12.4. The molecule has 1 saturated carbocycles. The minimum absolute atomic E-state index is 0.136. The third-order valence-corrected chi connectivity index (χ3v) is 5.96. The number of rotatable bonds is 4. The summed E-state index contributed by atoms with van der Waals surface area (Å²) in [6, 6.07) is 5.28. The van der Waals surface area contributed by atoms with Crippen LogP contribution in [-0.4, -0.2) is 25.4 Å². The lowest BCUT2D eigenvalue weighted by atomic mass is 10.0. The monoisotopic (exact) mass is 282 g/mol. The second-order valence-electron chi connectivity index (χ2n) is 5.61. The van der Waals surface area contributed by atoms with Crippen LogP contribution in [-0.2, 0) is 9.84 Å². The van der Waals surface area contributed by atoms with Crippen molar-refractivity contribution in [1.82, 2.24) is 0 Å². The van der Waals surface area contributed by atoms with Crippen LogP contribution in [0.25, 0.3) is 0 Å². The highest BCUT2D eigenvalue weighted by Gasteiger charge is 2.27. The van der Waals surface area contributed by atoms with E-state index in [1.807, 2.05) is 19.9 Å². The molecule has 0 saturated heterocycles. The van der Waals surface area contributed by atoms with Crippen LogP contribution in [0.4, 0.5) is 0 Å². The molecule has 19 heavy (non-hydrogen) atoms. The number of aryl methyl sites for hydroxylation is 2. The summed E-state index contributed by atoms with van der Waals surface area (Å²) in [6.07, 6.45) is 3.03. The summed E-state index contributed by atoms with van der Waals surface area (Å²) in [4.78, 5) is 0.406. The first-order valence-corrected chi connectivity index (χ1v) is 8.53. The summed E-state index contributed by atoms with van der Waals surface area (Å²) in [6.45, 7) is 3.90. The molecular formula is C15H22O3S. The fraction of sp³-hybridized carbons (Fsp3) is 0.600. The molecule has 2 unspecified atom stereocenters. The Bertz CT molecular complexity index is 549. The summed E-state index contributed by atoms with van der Waals surface area (Å²) in [5.74, 6) is 0.290. The van der Waals surface area contributed by atoms with Gasteiger partial charge in [0.2, 0.25) is 0 Å². The number of benzene rings is 1. The lowest BCUT2D eigenvalue weighted by molar-refractivity contribution is 0.131. The highest BCUT2D eigenvalue weighted by atomic mass is 32.2. The Balaban J connectivity index is 2.07. The summed E-state index contributed by atoms with van der Waals surface area (Å²) >= 11 is 0. The zero-order chi connectivity index (χ0) is 14.0. The molecule has 3 nitrogen and oxygen atoms in total. The van der Waals surface area contributed by atoms with Gasteiger partial charge >= 0.3 is 0 Å². The van der Waals surface area contributed by atoms with E-state index in [2.05, 4.69) is 0 Å². The van der Waals surface area contributed by atoms with Crippen molar-refractivity contribution in [2.24, 2.45) is 5.92 Å². The Morgan fingerprint density at radius 3 is 2.53 bits per heavy atom. The molecule has 1 aliphatic rings. The second kappa shape index (κ2) is 5.63. The number of aliphatic hydroxyl groups excluding tert-OH is 1. The van der Waals surface area contributed by atoms with Crippen molar-refractivity contribution in [3.05, 3.63) is 29.3 Å². The van der Waals surface area contributed by atoms with E-state index in [-0.39, 0.29) is 17.8 Å². The molecule has 1 aromatic rings. The third-order valence-electron chi connectivity index (χ3n) is 4.21. The maximum Gasteiger partial charge on any atom is 0.178 e. The SMILES string of the molecule is Cc1ccc(S(=O)(=O)CCC2CCCC2O)cc1C. The van der Waals surface area contributed by atoms with Crippen molar-refractivity contribution in [1.29, 1.82) is 0 Å². The van der Waals surface area contributed by atoms with Gasteiger partial charge in [0, 0.05) is 0 Å². The van der Waals surface area contributed by atoms with Crippen LogP contribution >= 0.6 is 0 Å². The Kier molecular flexibility index (Phi) is 4.31. The van der Waals surface area contributed by atoms with Crippen molar-refractivity contribution in [2.45, 2.75) is 50.5 Å². The first kappa shape index (κ1) is 14.5. The summed E-state index contributed by atoms with van der Waals surface area (Å²) < 4.78 is 24.6. The molecule has 0 heterocycles. The van der Waals surface area contributed by atoms with Crippen LogP contribution in [0, 0.1) is 19.8 Å². The van der Waals surface area contributed by atoms with Crippen molar-refractivity contribution in [3.8, 4) is 0 Å². The van der Waals surface area contributed by atoms with Crippen molar-refractivity contribution in [3.63, 3.8) is 0 Å². The number of aliphatic hydroxyl groups is 1. The molecule has 4 heteroatoms. The average molecular weight is 282 g/mol. The predicted molar refractivity (Wildman–Crippen MR) is 75.9 cm³/mol. The van der Waals surface area contributed by atoms with Gasteiger partial charge in [-0.2, -0.15) is 0 Å². The van der Waals surface area contributed by atoms with Crippen molar-refractivity contribution in [2.75, 3.05) is 5.75 Å². The third kappa shape index (κ3) is 3.37. The van der Waals surface area contributed by atoms with Crippen LogP contribution in [0.5, 0.6) is 0 Å². The molecule has 0 bridgehead atoms. The number of hydrogen-bond acceptors (Lipinski definition) is 3. The number of hydrogen-bond donors (Lipinski definition) is 1. The van der Waals surface area contributed by atoms with Gasteiger partial charge in [0.05, 0.1) is 16.8 Å². The van der Waals surface area contributed by atoms with E-state index in [4.69, 9.17) is 0 Å². The smallest absolute Gasteiger partial charge is 0.178 e. The predicted octanol–water partition coefficient (Wildman–Crippen LogP) is 2.63. The molecule has 1 aromatic carbocycles. The van der Waals surface area contributed by atoms with Crippen LogP contribution in [0.3, 0.4) is 0 Å². The molecule has 106 valence electrons. The van der Waals surface area contributed by atoms with Gasteiger partial charge in [-0.3, -0.25) is 0 Å². The lowest BCUT2D eigenvalue weighted by Gasteiger charge is -2.14. The fourth-order valence-corrected chi connectivity index (χ4v) is 4.17. The minimum Gasteiger partial charge on any atom is -0.393 e. The van der Waals surface area contributed by atoms with Crippen LogP contribution in [0.2, 0.25) is 0 Å². The quantitative estimate of drug-likeness (QED) is 0.923. The second-order valence-corrected chi connectivity index (χ2v) is 7.72. The van der Waals surface area contributed by atoms with Gasteiger partial charge in [-0.05, 0) is 62.3 Å². The molecule has 2 rings (SSSR count). The van der Waals surface area contributed by atoms with Gasteiger partial charge in [-0.25, -0.2) is 8.42 Å². The van der Waals surface area contributed by atoms with Crippen molar-refractivity contribution < 1.29 is 13.5 Å².